The van der Waals surface area contributed by atoms with Gasteiger partial charge in [0, 0.05) is 20.1 Å². The van der Waals surface area contributed by atoms with E-state index in [0.717, 1.165) is 17.7 Å². The van der Waals surface area contributed by atoms with Gasteiger partial charge in [-0.1, -0.05) is 18.2 Å². The van der Waals surface area contributed by atoms with Gasteiger partial charge in [-0.25, -0.2) is 0 Å². The van der Waals surface area contributed by atoms with Gasteiger partial charge in [0.25, 0.3) is 0 Å². The maximum Gasteiger partial charge on any atom is 0.122 e. The van der Waals surface area contributed by atoms with Crippen LogP contribution in [0.5, 0.6) is 5.75 Å². The number of benzene rings is 1. The largest absolute Gasteiger partial charge is 0.496 e. The maximum absolute atomic E-state index is 5.69. The lowest BCUT2D eigenvalue weighted by atomic mass is 9.96. The van der Waals surface area contributed by atoms with Crippen molar-refractivity contribution in [1.82, 2.24) is 0 Å². The zero-order valence-electron chi connectivity index (χ0n) is 9.62. The van der Waals surface area contributed by atoms with Crippen LogP contribution in [0, 0.1) is 0 Å². The molecule has 1 rings (SSSR count). The van der Waals surface area contributed by atoms with Crippen LogP contribution in [0.15, 0.2) is 24.3 Å². The summed E-state index contributed by atoms with van der Waals surface area (Å²) in [6.45, 7) is 2.49. The third-order valence-electron chi connectivity index (χ3n) is 2.68. The van der Waals surface area contributed by atoms with Crippen molar-refractivity contribution in [3.63, 3.8) is 0 Å². The average molecular weight is 209 g/mol. The van der Waals surface area contributed by atoms with E-state index in [0.29, 0.717) is 6.54 Å². The molecule has 0 saturated heterocycles. The molecular weight excluding hydrogens is 190 g/mol. The molecule has 1 aromatic carbocycles. The fraction of sp³-hybridized carbons (Fsp3) is 0.500. The summed E-state index contributed by atoms with van der Waals surface area (Å²) in [6, 6.07) is 7.92. The summed E-state index contributed by atoms with van der Waals surface area (Å²) in [6.07, 6.45) is 0.754. The molecule has 0 aliphatic heterocycles. The third-order valence-corrected chi connectivity index (χ3v) is 2.68. The van der Waals surface area contributed by atoms with E-state index in [-0.39, 0.29) is 5.60 Å². The summed E-state index contributed by atoms with van der Waals surface area (Å²) in [5, 5.41) is 0. The van der Waals surface area contributed by atoms with Crippen LogP contribution in [0.4, 0.5) is 0 Å². The number of hydrogen-bond donors (Lipinski definition) is 1. The van der Waals surface area contributed by atoms with Gasteiger partial charge in [-0.2, -0.15) is 0 Å². The lowest BCUT2D eigenvalue weighted by Crippen LogP contribution is -2.38. The van der Waals surface area contributed by atoms with Crippen molar-refractivity contribution in [2.24, 2.45) is 5.73 Å². The number of nitrogens with two attached hydrogens (primary N) is 1. The van der Waals surface area contributed by atoms with Crippen LogP contribution in [0.2, 0.25) is 0 Å². The van der Waals surface area contributed by atoms with Crippen LogP contribution in [-0.4, -0.2) is 26.4 Å². The standard InChI is InChI=1S/C12H19NO2/c1-12(9-13,15-3)8-10-6-4-5-7-11(10)14-2/h4-7H,8-9,13H2,1-3H3. The summed E-state index contributed by atoms with van der Waals surface area (Å²) in [7, 11) is 3.35. The highest BCUT2D eigenvalue weighted by molar-refractivity contribution is 5.34. The number of methoxy groups -OCH3 is 2. The van der Waals surface area contributed by atoms with Crippen LogP contribution >= 0.6 is 0 Å². The van der Waals surface area contributed by atoms with E-state index in [1.54, 1.807) is 14.2 Å². The number of hydrogen-bond acceptors (Lipinski definition) is 3. The zero-order valence-corrected chi connectivity index (χ0v) is 9.62. The van der Waals surface area contributed by atoms with Crippen molar-refractivity contribution in [3.8, 4) is 5.75 Å². The van der Waals surface area contributed by atoms with Crippen molar-refractivity contribution in [2.75, 3.05) is 20.8 Å². The van der Waals surface area contributed by atoms with Crippen molar-refractivity contribution >= 4 is 0 Å². The molecule has 0 amide bonds. The van der Waals surface area contributed by atoms with E-state index in [4.69, 9.17) is 15.2 Å². The van der Waals surface area contributed by atoms with E-state index in [2.05, 4.69) is 0 Å². The van der Waals surface area contributed by atoms with Crippen LogP contribution in [0.3, 0.4) is 0 Å². The Morgan fingerprint density at radius 3 is 2.47 bits per heavy atom. The Morgan fingerprint density at radius 1 is 1.27 bits per heavy atom. The minimum Gasteiger partial charge on any atom is -0.496 e. The highest BCUT2D eigenvalue weighted by Crippen LogP contribution is 2.23. The second-order valence-electron chi connectivity index (χ2n) is 3.85. The van der Waals surface area contributed by atoms with Crippen molar-refractivity contribution in [3.05, 3.63) is 29.8 Å². The van der Waals surface area contributed by atoms with Gasteiger partial charge in [-0.3, -0.25) is 0 Å². The Kier molecular flexibility index (Phi) is 4.12. The van der Waals surface area contributed by atoms with Crippen LogP contribution < -0.4 is 10.5 Å². The molecule has 15 heavy (non-hydrogen) atoms. The Morgan fingerprint density at radius 2 is 1.93 bits per heavy atom. The molecule has 0 radical (unpaired) electrons. The lowest BCUT2D eigenvalue weighted by Gasteiger charge is -2.27. The first-order valence-corrected chi connectivity index (χ1v) is 5.02. The monoisotopic (exact) mass is 209 g/mol. The Bertz CT molecular complexity index is 308. The van der Waals surface area contributed by atoms with Gasteiger partial charge in [0.05, 0.1) is 12.7 Å². The molecule has 1 aromatic rings. The van der Waals surface area contributed by atoms with E-state index in [9.17, 15) is 0 Å². The van der Waals surface area contributed by atoms with Gasteiger partial charge in [-0.05, 0) is 18.6 Å². The molecule has 0 heterocycles. The maximum atomic E-state index is 5.69. The molecule has 3 heteroatoms. The molecule has 1 atom stereocenters. The number of para-hydroxylation sites is 1. The van der Waals surface area contributed by atoms with Crippen LogP contribution in [0.1, 0.15) is 12.5 Å². The summed E-state index contributed by atoms with van der Waals surface area (Å²) >= 11 is 0. The van der Waals surface area contributed by atoms with E-state index in [1.165, 1.54) is 0 Å². The highest BCUT2D eigenvalue weighted by Gasteiger charge is 2.23. The Balaban J connectivity index is 2.87. The van der Waals surface area contributed by atoms with Crippen molar-refractivity contribution in [1.29, 1.82) is 0 Å². The molecule has 1 unspecified atom stereocenters. The molecule has 0 saturated carbocycles. The first-order chi connectivity index (χ1) is 7.15. The van der Waals surface area contributed by atoms with Gasteiger partial charge in [0.15, 0.2) is 0 Å². The quantitative estimate of drug-likeness (QED) is 0.801. The van der Waals surface area contributed by atoms with Crippen molar-refractivity contribution < 1.29 is 9.47 Å². The third kappa shape index (κ3) is 2.94. The zero-order chi connectivity index (χ0) is 11.3. The summed E-state index contributed by atoms with van der Waals surface area (Å²) in [5.74, 6) is 0.884. The predicted molar refractivity (Wildman–Crippen MR) is 61.2 cm³/mol. The molecule has 0 fully saturated rings. The summed E-state index contributed by atoms with van der Waals surface area (Å²) in [4.78, 5) is 0. The van der Waals surface area contributed by atoms with E-state index < -0.39 is 0 Å². The Labute approximate surface area is 91.2 Å². The van der Waals surface area contributed by atoms with E-state index >= 15 is 0 Å². The fourth-order valence-electron chi connectivity index (χ4n) is 1.48. The number of ether oxygens (including phenoxy) is 2. The second-order valence-corrected chi connectivity index (χ2v) is 3.85. The van der Waals surface area contributed by atoms with E-state index in [1.807, 2.05) is 31.2 Å². The molecule has 0 bridgehead atoms. The SMILES string of the molecule is COc1ccccc1CC(C)(CN)OC. The molecule has 0 aliphatic rings. The van der Waals surface area contributed by atoms with Crippen LogP contribution in [0.25, 0.3) is 0 Å². The summed E-state index contributed by atoms with van der Waals surface area (Å²) in [5.41, 5.74) is 6.49. The van der Waals surface area contributed by atoms with Gasteiger partial charge < -0.3 is 15.2 Å². The molecule has 0 aliphatic carbocycles. The molecular formula is C12H19NO2. The minimum absolute atomic E-state index is 0.325. The number of rotatable bonds is 5. The molecule has 0 aromatic heterocycles. The van der Waals surface area contributed by atoms with Gasteiger partial charge >= 0.3 is 0 Å². The topological polar surface area (TPSA) is 44.5 Å². The molecule has 0 spiro atoms. The highest BCUT2D eigenvalue weighted by atomic mass is 16.5. The lowest BCUT2D eigenvalue weighted by molar-refractivity contribution is 0.0139. The first kappa shape index (κ1) is 12.0. The van der Waals surface area contributed by atoms with Crippen molar-refractivity contribution in [2.45, 2.75) is 18.9 Å². The van der Waals surface area contributed by atoms with Gasteiger partial charge in [0.1, 0.15) is 5.75 Å². The molecule has 2 N–H and O–H groups in total. The van der Waals surface area contributed by atoms with Gasteiger partial charge in [0.2, 0.25) is 0 Å². The first-order valence-electron chi connectivity index (χ1n) is 5.02. The van der Waals surface area contributed by atoms with Crippen LogP contribution in [-0.2, 0) is 11.2 Å². The van der Waals surface area contributed by atoms with Gasteiger partial charge in [-0.15, -0.1) is 0 Å². The average Bonchev–Trinajstić information content (AvgIpc) is 2.29. The predicted octanol–water partition coefficient (Wildman–Crippen LogP) is 1.60. The second kappa shape index (κ2) is 5.14. The fourth-order valence-corrected chi connectivity index (χ4v) is 1.48. The molecule has 3 nitrogen and oxygen atoms in total. The summed E-state index contributed by atoms with van der Waals surface area (Å²) < 4.78 is 10.7. The Hall–Kier alpha value is -1.06. The smallest absolute Gasteiger partial charge is 0.122 e. The normalized spacial score (nSPS) is 14.7. The minimum atomic E-state index is -0.325. The molecule has 84 valence electrons.